The number of carbonyl (C=O) groups is 1. The maximum absolute atomic E-state index is 13.3. The molecule has 2 unspecified atom stereocenters. The van der Waals surface area contributed by atoms with Gasteiger partial charge in [-0.2, -0.15) is 5.26 Å². The number of nitrogens with one attached hydrogen (secondary N) is 1. The molecule has 1 aliphatic heterocycles. The highest BCUT2D eigenvalue weighted by atomic mass is 16.5. The maximum Gasteiger partial charge on any atom is 0.232 e. The first kappa shape index (κ1) is 23.5. The third-order valence-corrected chi connectivity index (χ3v) is 7.01. The van der Waals surface area contributed by atoms with E-state index in [2.05, 4.69) is 23.0 Å². The van der Waals surface area contributed by atoms with Gasteiger partial charge in [-0.15, -0.1) is 0 Å². The van der Waals surface area contributed by atoms with Crippen LogP contribution in [0.2, 0.25) is 0 Å². The number of amides is 1. The number of H-pyrrole nitrogens is 1. The molecular formula is C27H30N4O3. The van der Waals surface area contributed by atoms with Crippen LogP contribution >= 0.6 is 0 Å². The molecule has 2 aromatic carbocycles. The topological polar surface area (TPSA) is 102 Å². The molecule has 3 aromatic rings. The summed E-state index contributed by atoms with van der Waals surface area (Å²) in [5, 5.41) is 20.8. The first-order valence-electron chi connectivity index (χ1n) is 11.6. The van der Waals surface area contributed by atoms with Crippen molar-refractivity contribution in [2.75, 3.05) is 13.6 Å². The van der Waals surface area contributed by atoms with Crippen LogP contribution in [0.15, 0.2) is 55.0 Å². The molecule has 0 aliphatic carbocycles. The monoisotopic (exact) mass is 458 g/mol. The number of ether oxygens (including phenoxy) is 1. The highest BCUT2D eigenvalue weighted by molar-refractivity contribution is 5.88. The Morgan fingerprint density at radius 3 is 2.82 bits per heavy atom. The molecule has 1 fully saturated rings. The Kier molecular flexibility index (Phi) is 6.45. The number of likely N-dealkylation sites (tertiary alicyclic amines) is 1. The van der Waals surface area contributed by atoms with E-state index in [0.717, 1.165) is 31.4 Å². The van der Waals surface area contributed by atoms with Gasteiger partial charge in [0.25, 0.3) is 0 Å². The predicted octanol–water partition coefficient (Wildman–Crippen LogP) is 4.62. The fourth-order valence-electron chi connectivity index (χ4n) is 4.81. The van der Waals surface area contributed by atoms with Crippen molar-refractivity contribution in [1.82, 2.24) is 14.9 Å². The van der Waals surface area contributed by atoms with Crippen molar-refractivity contribution in [3.63, 3.8) is 0 Å². The number of nitrogens with zero attached hydrogens (tertiary/aromatic N) is 3. The highest BCUT2D eigenvalue weighted by Crippen LogP contribution is 2.40. The van der Waals surface area contributed by atoms with Crippen molar-refractivity contribution < 1.29 is 14.6 Å². The molecule has 0 radical (unpaired) electrons. The van der Waals surface area contributed by atoms with Crippen molar-refractivity contribution in [3.8, 4) is 17.6 Å². The molecule has 34 heavy (non-hydrogen) atoms. The van der Waals surface area contributed by atoms with E-state index in [-0.39, 0.29) is 5.91 Å². The Morgan fingerprint density at radius 1 is 1.29 bits per heavy atom. The van der Waals surface area contributed by atoms with Gasteiger partial charge < -0.3 is 19.7 Å². The van der Waals surface area contributed by atoms with Gasteiger partial charge in [0, 0.05) is 13.6 Å². The Labute approximate surface area is 200 Å². The number of imidazole rings is 1. The maximum atomic E-state index is 13.3. The molecule has 0 saturated carbocycles. The van der Waals surface area contributed by atoms with Crippen LogP contribution in [0, 0.1) is 11.3 Å². The number of aliphatic hydroxyl groups is 1. The van der Waals surface area contributed by atoms with Crippen LogP contribution in [0.25, 0.3) is 0 Å². The number of nitriles is 1. The summed E-state index contributed by atoms with van der Waals surface area (Å²) in [7, 11) is 1.87. The van der Waals surface area contributed by atoms with Gasteiger partial charge in [-0.05, 0) is 61.6 Å². The fraction of sp³-hybridized carbons (Fsp3) is 0.370. The Hall–Kier alpha value is -3.63. The Morgan fingerprint density at radius 2 is 2.12 bits per heavy atom. The molecule has 1 aromatic heterocycles. The molecule has 7 nitrogen and oxygen atoms in total. The summed E-state index contributed by atoms with van der Waals surface area (Å²) < 4.78 is 6.18. The van der Waals surface area contributed by atoms with Crippen molar-refractivity contribution in [2.45, 2.75) is 50.5 Å². The molecule has 176 valence electrons. The summed E-state index contributed by atoms with van der Waals surface area (Å²) in [6.07, 6.45) is 6.54. The summed E-state index contributed by atoms with van der Waals surface area (Å²) in [5.74, 6) is 1.02. The van der Waals surface area contributed by atoms with E-state index in [9.17, 15) is 15.2 Å². The smallest absolute Gasteiger partial charge is 0.232 e. The Balaban J connectivity index is 1.71. The fourth-order valence-corrected chi connectivity index (χ4v) is 4.81. The van der Waals surface area contributed by atoms with Gasteiger partial charge in [-0.25, -0.2) is 4.98 Å². The van der Waals surface area contributed by atoms with Gasteiger partial charge in [-0.3, -0.25) is 4.79 Å². The van der Waals surface area contributed by atoms with Crippen LogP contribution in [0.4, 0.5) is 0 Å². The molecule has 4 rings (SSSR count). The van der Waals surface area contributed by atoms with Gasteiger partial charge in [0.15, 0.2) is 0 Å². The van der Waals surface area contributed by atoms with Crippen LogP contribution in [0.1, 0.15) is 61.9 Å². The van der Waals surface area contributed by atoms with Crippen LogP contribution in [-0.4, -0.2) is 39.5 Å². The second kappa shape index (κ2) is 9.32. The third-order valence-electron chi connectivity index (χ3n) is 7.01. The average molecular weight is 459 g/mol. The molecule has 7 heteroatoms. The van der Waals surface area contributed by atoms with E-state index in [4.69, 9.17) is 4.74 Å². The molecular weight excluding hydrogens is 428 g/mol. The van der Waals surface area contributed by atoms with Crippen molar-refractivity contribution in [3.05, 3.63) is 77.4 Å². The van der Waals surface area contributed by atoms with E-state index in [0.29, 0.717) is 34.7 Å². The first-order chi connectivity index (χ1) is 16.3. The average Bonchev–Trinajstić information content (AvgIpc) is 3.35. The second-order valence-electron chi connectivity index (χ2n) is 9.11. The third kappa shape index (κ3) is 4.17. The lowest BCUT2D eigenvalue weighted by Crippen LogP contribution is -2.43. The van der Waals surface area contributed by atoms with Crippen molar-refractivity contribution in [1.29, 1.82) is 5.26 Å². The number of aromatic nitrogens is 2. The number of hydrogen-bond acceptors (Lipinski definition) is 5. The van der Waals surface area contributed by atoms with Gasteiger partial charge >= 0.3 is 0 Å². The van der Waals surface area contributed by atoms with Crippen molar-refractivity contribution >= 4 is 5.91 Å². The molecule has 1 aliphatic rings. The molecule has 1 saturated heterocycles. The van der Waals surface area contributed by atoms with Crippen LogP contribution in [0.3, 0.4) is 0 Å². The molecule has 1 amide bonds. The zero-order valence-electron chi connectivity index (χ0n) is 19.8. The number of hydrogen-bond donors (Lipinski definition) is 2. The lowest BCUT2D eigenvalue weighted by Gasteiger charge is -2.33. The molecule has 2 heterocycles. The summed E-state index contributed by atoms with van der Waals surface area (Å²) >= 11 is 0. The summed E-state index contributed by atoms with van der Waals surface area (Å²) in [4.78, 5) is 22.1. The minimum atomic E-state index is -1.34. The number of aromatic amines is 1. The predicted molar refractivity (Wildman–Crippen MR) is 128 cm³/mol. The van der Waals surface area contributed by atoms with Crippen LogP contribution < -0.4 is 4.74 Å². The standard InChI is InChI=1S/C27H30N4O3/c1-4-27(12-5-6-13-31(3)25(27)32)21-8-7-9-22(14-21)34-23-15-20(11-10-19(23)16-28)26(2,33)24-17-29-18-30-24/h7-11,14-15,17-18,33H,4-6,12-13H2,1-3H3,(H,29,30). The number of carbonyl (C=O) groups excluding carboxylic acids is 1. The summed E-state index contributed by atoms with van der Waals surface area (Å²) in [5.41, 5.74) is 0.442. The normalized spacial score (nSPS) is 20.3. The number of rotatable bonds is 6. The number of likely N-dealkylation sites (N-methyl/N-ethyl adjacent to an activating group) is 1. The zero-order valence-corrected chi connectivity index (χ0v) is 19.8. The highest BCUT2D eigenvalue weighted by Gasteiger charge is 2.41. The van der Waals surface area contributed by atoms with E-state index >= 15 is 0 Å². The van der Waals surface area contributed by atoms with E-state index in [1.807, 2.05) is 36.2 Å². The van der Waals surface area contributed by atoms with Gasteiger partial charge in [0.1, 0.15) is 23.2 Å². The van der Waals surface area contributed by atoms with Gasteiger partial charge in [-0.1, -0.05) is 31.5 Å². The lowest BCUT2D eigenvalue weighted by molar-refractivity contribution is -0.135. The summed E-state index contributed by atoms with van der Waals surface area (Å²) in [6.45, 7) is 4.48. The first-order valence-corrected chi connectivity index (χ1v) is 11.6. The van der Waals surface area contributed by atoms with E-state index in [1.165, 1.54) is 6.33 Å². The lowest BCUT2D eigenvalue weighted by atomic mass is 9.73. The van der Waals surface area contributed by atoms with E-state index in [1.54, 1.807) is 31.3 Å². The van der Waals surface area contributed by atoms with Crippen LogP contribution in [0.5, 0.6) is 11.5 Å². The molecule has 0 bridgehead atoms. The van der Waals surface area contributed by atoms with Crippen LogP contribution in [-0.2, 0) is 15.8 Å². The SMILES string of the molecule is CCC1(c2cccc(Oc3cc(C(C)(O)c4cnc[nH]4)ccc3C#N)c2)CCCCN(C)C1=O. The molecule has 2 N–H and O–H groups in total. The van der Waals surface area contributed by atoms with Gasteiger partial charge in [0.05, 0.1) is 29.2 Å². The Bertz CT molecular complexity index is 1210. The largest absolute Gasteiger partial charge is 0.456 e. The second-order valence-corrected chi connectivity index (χ2v) is 9.11. The quantitative estimate of drug-likeness (QED) is 0.561. The minimum Gasteiger partial charge on any atom is -0.456 e. The summed E-state index contributed by atoms with van der Waals surface area (Å²) in [6, 6.07) is 14.8. The van der Waals surface area contributed by atoms with Crippen molar-refractivity contribution in [2.24, 2.45) is 0 Å². The molecule has 2 atom stereocenters. The minimum absolute atomic E-state index is 0.139. The number of benzene rings is 2. The molecule has 0 spiro atoms. The van der Waals surface area contributed by atoms with E-state index < -0.39 is 11.0 Å². The zero-order chi connectivity index (χ0) is 24.3. The van der Waals surface area contributed by atoms with Gasteiger partial charge in [0.2, 0.25) is 5.91 Å².